The summed E-state index contributed by atoms with van der Waals surface area (Å²) in [5, 5.41) is 0. The Balaban J connectivity index is 2.08. The fourth-order valence-corrected chi connectivity index (χ4v) is 1.43. The fourth-order valence-electron chi connectivity index (χ4n) is 1.43. The van der Waals surface area contributed by atoms with Crippen molar-refractivity contribution in [2.45, 2.75) is 46.1 Å². The lowest BCUT2D eigenvalue weighted by atomic mass is 9.92. The summed E-state index contributed by atoms with van der Waals surface area (Å²) in [7, 11) is 0. The summed E-state index contributed by atoms with van der Waals surface area (Å²) in [4.78, 5) is 0. The summed E-state index contributed by atoms with van der Waals surface area (Å²) >= 11 is 0. The van der Waals surface area contributed by atoms with E-state index < -0.39 is 0 Å². The summed E-state index contributed by atoms with van der Waals surface area (Å²) in [6.45, 7) is 9.48. The Morgan fingerprint density at radius 2 is 2.21 bits per heavy atom. The fraction of sp³-hybridized carbons (Fsp3) is 1.00. The van der Waals surface area contributed by atoms with Crippen molar-refractivity contribution in [1.82, 2.24) is 10.9 Å². The van der Waals surface area contributed by atoms with Crippen LogP contribution in [-0.2, 0) is 4.74 Å². The Morgan fingerprint density at radius 3 is 2.79 bits per heavy atom. The van der Waals surface area contributed by atoms with Crippen molar-refractivity contribution in [2.75, 3.05) is 19.8 Å². The summed E-state index contributed by atoms with van der Waals surface area (Å²) in [5.41, 5.74) is 6.74. The van der Waals surface area contributed by atoms with Crippen LogP contribution in [0.4, 0.5) is 0 Å². The van der Waals surface area contributed by atoms with E-state index in [4.69, 9.17) is 4.74 Å². The minimum Gasteiger partial charge on any atom is -0.379 e. The second-order valence-electron chi connectivity index (χ2n) is 4.94. The quantitative estimate of drug-likeness (QED) is 0.708. The molecule has 14 heavy (non-hydrogen) atoms. The molecule has 0 saturated carbocycles. The molecule has 0 aromatic heterocycles. The first-order chi connectivity index (χ1) is 6.64. The van der Waals surface area contributed by atoms with Crippen LogP contribution in [0.3, 0.4) is 0 Å². The molecular formula is C11H24N2O. The molecule has 84 valence electrons. The van der Waals surface area contributed by atoms with Crippen LogP contribution in [0.1, 0.15) is 40.0 Å². The van der Waals surface area contributed by atoms with Gasteiger partial charge in [-0.1, -0.05) is 20.8 Å². The predicted molar refractivity (Wildman–Crippen MR) is 59.1 cm³/mol. The van der Waals surface area contributed by atoms with Crippen LogP contribution < -0.4 is 10.9 Å². The van der Waals surface area contributed by atoms with Crippen LogP contribution in [0.25, 0.3) is 0 Å². The first kappa shape index (κ1) is 12.0. The number of nitrogens with one attached hydrogen (secondary N) is 2. The molecule has 0 aliphatic carbocycles. The van der Waals surface area contributed by atoms with Gasteiger partial charge in [-0.15, -0.1) is 0 Å². The molecule has 1 saturated heterocycles. The summed E-state index contributed by atoms with van der Waals surface area (Å²) in [6.07, 6.45) is 3.64. The van der Waals surface area contributed by atoms with E-state index in [-0.39, 0.29) is 0 Å². The lowest BCUT2D eigenvalue weighted by Gasteiger charge is -2.27. The van der Waals surface area contributed by atoms with Crippen molar-refractivity contribution in [2.24, 2.45) is 5.41 Å². The van der Waals surface area contributed by atoms with Crippen molar-refractivity contribution in [1.29, 1.82) is 0 Å². The number of ether oxygens (including phenoxy) is 1. The highest BCUT2D eigenvalue weighted by Gasteiger charge is 2.17. The third-order valence-corrected chi connectivity index (χ3v) is 2.93. The molecule has 2 N–H and O–H groups in total. The van der Waals surface area contributed by atoms with Gasteiger partial charge in [0, 0.05) is 12.6 Å². The third-order valence-electron chi connectivity index (χ3n) is 2.93. The van der Waals surface area contributed by atoms with E-state index in [9.17, 15) is 0 Å². The molecule has 1 atom stereocenters. The van der Waals surface area contributed by atoms with Gasteiger partial charge in [-0.05, 0) is 24.7 Å². The monoisotopic (exact) mass is 200 g/mol. The van der Waals surface area contributed by atoms with Crippen LogP contribution in [0.15, 0.2) is 0 Å². The largest absolute Gasteiger partial charge is 0.379 e. The second-order valence-corrected chi connectivity index (χ2v) is 4.94. The maximum absolute atomic E-state index is 5.73. The summed E-state index contributed by atoms with van der Waals surface area (Å²) in [5.74, 6) is 0. The average molecular weight is 200 g/mol. The van der Waals surface area contributed by atoms with Crippen LogP contribution >= 0.6 is 0 Å². The number of rotatable bonds is 5. The zero-order valence-corrected chi connectivity index (χ0v) is 9.73. The molecule has 3 heteroatoms. The molecule has 1 heterocycles. The number of hydrazine groups is 1. The van der Waals surface area contributed by atoms with Crippen molar-refractivity contribution in [3.05, 3.63) is 0 Å². The van der Waals surface area contributed by atoms with Gasteiger partial charge in [-0.2, -0.15) is 0 Å². The first-order valence-electron chi connectivity index (χ1n) is 5.70. The molecule has 3 nitrogen and oxygen atoms in total. The Bertz CT molecular complexity index is 153. The van der Waals surface area contributed by atoms with E-state index >= 15 is 0 Å². The first-order valence-corrected chi connectivity index (χ1v) is 5.70. The van der Waals surface area contributed by atoms with Gasteiger partial charge >= 0.3 is 0 Å². The number of hydrogen-bond acceptors (Lipinski definition) is 3. The third kappa shape index (κ3) is 4.40. The Labute approximate surface area is 87.6 Å². The van der Waals surface area contributed by atoms with E-state index in [0.717, 1.165) is 19.8 Å². The molecule has 1 fully saturated rings. The molecule has 1 aliphatic heterocycles. The zero-order chi connectivity index (χ0) is 10.4. The van der Waals surface area contributed by atoms with Gasteiger partial charge in [0.25, 0.3) is 0 Å². The topological polar surface area (TPSA) is 33.3 Å². The molecule has 0 unspecified atom stereocenters. The van der Waals surface area contributed by atoms with E-state index in [0.29, 0.717) is 11.5 Å². The Kier molecular flexibility index (Phi) is 4.85. The maximum atomic E-state index is 5.73. The highest BCUT2D eigenvalue weighted by molar-refractivity contribution is 4.70. The summed E-state index contributed by atoms with van der Waals surface area (Å²) in [6, 6.07) is 0.497. The Hall–Kier alpha value is -0.120. The van der Waals surface area contributed by atoms with Crippen molar-refractivity contribution in [3.63, 3.8) is 0 Å². The van der Waals surface area contributed by atoms with Crippen molar-refractivity contribution in [3.8, 4) is 0 Å². The molecular weight excluding hydrogens is 176 g/mol. The maximum Gasteiger partial charge on any atom is 0.0633 e. The van der Waals surface area contributed by atoms with E-state index in [2.05, 4.69) is 31.6 Å². The summed E-state index contributed by atoms with van der Waals surface area (Å²) < 4.78 is 5.73. The SMILES string of the molecule is CCC(C)(C)COC[C@@H]1CCCNN1. The molecule has 0 bridgehead atoms. The van der Waals surface area contributed by atoms with Crippen molar-refractivity contribution < 1.29 is 4.74 Å². The average Bonchev–Trinajstić information content (AvgIpc) is 2.19. The standard InChI is InChI=1S/C11H24N2O/c1-4-11(2,3)9-14-8-10-6-5-7-12-13-10/h10,12-13H,4-9H2,1-3H3/t10-/m0/s1. The number of hydrogen-bond donors (Lipinski definition) is 2. The molecule has 0 aromatic carbocycles. The molecule has 1 rings (SSSR count). The van der Waals surface area contributed by atoms with Gasteiger partial charge in [0.2, 0.25) is 0 Å². The van der Waals surface area contributed by atoms with Crippen LogP contribution in [0.2, 0.25) is 0 Å². The lowest BCUT2D eigenvalue weighted by Crippen LogP contribution is -2.48. The molecule has 0 spiro atoms. The van der Waals surface area contributed by atoms with Gasteiger partial charge in [0.15, 0.2) is 0 Å². The van der Waals surface area contributed by atoms with Crippen LogP contribution in [0.5, 0.6) is 0 Å². The van der Waals surface area contributed by atoms with Gasteiger partial charge in [-0.25, -0.2) is 0 Å². The second kappa shape index (κ2) is 5.69. The van der Waals surface area contributed by atoms with Gasteiger partial charge in [0.1, 0.15) is 0 Å². The molecule has 1 aliphatic rings. The van der Waals surface area contributed by atoms with Crippen LogP contribution in [0, 0.1) is 5.41 Å². The normalized spacial score (nSPS) is 23.8. The van der Waals surface area contributed by atoms with E-state index in [1.165, 1.54) is 19.3 Å². The highest BCUT2D eigenvalue weighted by atomic mass is 16.5. The van der Waals surface area contributed by atoms with E-state index in [1.54, 1.807) is 0 Å². The minimum absolute atomic E-state index is 0.322. The van der Waals surface area contributed by atoms with Gasteiger partial charge in [0.05, 0.1) is 13.2 Å². The van der Waals surface area contributed by atoms with Gasteiger partial charge < -0.3 is 4.74 Å². The lowest BCUT2D eigenvalue weighted by molar-refractivity contribution is 0.0393. The molecule has 0 aromatic rings. The van der Waals surface area contributed by atoms with E-state index in [1.807, 2.05) is 0 Å². The smallest absolute Gasteiger partial charge is 0.0633 e. The zero-order valence-electron chi connectivity index (χ0n) is 9.73. The van der Waals surface area contributed by atoms with Crippen molar-refractivity contribution >= 4 is 0 Å². The molecule has 0 radical (unpaired) electrons. The molecule has 0 amide bonds. The minimum atomic E-state index is 0.322. The Morgan fingerprint density at radius 1 is 1.43 bits per heavy atom. The predicted octanol–water partition coefficient (Wildman–Crippen LogP) is 1.70. The highest BCUT2D eigenvalue weighted by Crippen LogP contribution is 2.19. The van der Waals surface area contributed by atoms with Gasteiger partial charge in [-0.3, -0.25) is 10.9 Å². The van der Waals surface area contributed by atoms with Crippen LogP contribution in [-0.4, -0.2) is 25.8 Å².